The van der Waals surface area contributed by atoms with Crippen LogP contribution in [0.25, 0.3) is 21.9 Å². The fraction of sp³-hybridized carbons (Fsp3) is 0.0417. The molecule has 4 aromatic carbocycles. The molecule has 0 unspecified atom stereocenters. The van der Waals surface area contributed by atoms with Gasteiger partial charge in [0.15, 0.2) is 0 Å². The van der Waals surface area contributed by atoms with Crippen LogP contribution in [0, 0.1) is 0 Å². The first-order valence-electron chi connectivity index (χ1n) is 8.73. The zero-order chi connectivity index (χ0) is 18.8. The van der Waals surface area contributed by atoms with E-state index in [1.807, 2.05) is 66.7 Å². The molecule has 27 heavy (non-hydrogen) atoms. The lowest BCUT2D eigenvalue weighted by molar-refractivity contribution is 0.0697. The zero-order valence-corrected chi connectivity index (χ0v) is 14.6. The van der Waals surface area contributed by atoms with Gasteiger partial charge >= 0.3 is 5.97 Å². The smallest absolute Gasteiger partial charge is 0.335 e. The van der Waals surface area contributed by atoms with Gasteiger partial charge in [0, 0.05) is 6.42 Å². The molecule has 0 saturated heterocycles. The molecular formula is C24H18O3. The molecular weight excluding hydrogens is 336 g/mol. The molecule has 0 atom stereocenters. The van der Waals surface area contributed by atoms with Crippen molar-refractivity contribution in [2.75, 3.05) is 0 Å². The number of hydrogen-bond acceptors (Lipinski definition) is 2. The van der Waals surface area contributed by atoms with Crippen LogP contribution in [-0.2, 0) is 6.42 Å². The summed E-state index contributed by atoms with van der Waals surface area (Å²) < 4.78 is 0. The quantitative estimate of drug-likeness (QED) is 0.509. The van der Waals surface area contributed by atoms with Gasteiger partial charge in [-0.25, -0.2) is 4.79 Å². The van der Waals surface area contributed by atoms with Crippen LogP contribution >= 0.6 is 0 Å². The minimum absolute atomic E-state index is 0.282. The third-order valence-electron chi connectivity index (χ3n) is 4.74. The summed E-state index contributed by atoms with van der Waals surface area (Å²) in [5.74, 6) is -0.639. The molecule has 4 aromatic rings. The summed E-state index contributed by atoms with van der Waals surface area (Å²) in [4.78, 5) is 11.1. The largest absolute Gasteiger partial charge is 0.508 e. The van der Waals surface area contributed by atoms with E-state index in [0.29, 0.717) is 6.42 Å². The Morgan fingerprint density at radius 1 is 0.741 bits per heavy atom. The predicted molar refractivity (Wildman–Crippen MR) is 107 cm³/mol. The number of rotatable bonds is 4. The number of carboxylic acids is 1. The zero-order valence-electron chi connectivity index (χ0n) is 14.6. The third-order valence-corrected chi connectivity index (χ3v) is 4.74. The number of aromatic hydroxyl groups is 1. The van der Waals surface area contributed by atoms with E-state index >= 15 is 0 Å². The van der Waals surface area contributed by atoms with Crippen LogP contribution in [-0.4, -0.2) is 16.2 Å². The lowest BCUT2D eigenvalue weighted by Gasteiger charge is -2.10. The minimum Gasteiger partial charge on any atom is -0.508 e. The second kappa shape index (κ2) is 6.96. The summed E-state index contributed by atoms with van der Waals surface area (Å²) in [5.41, 5.74) is 4.34. The van der Waals surface area contributed by atoms with E-state index in [1.165, 1.54) is 0 Å². The molecule has 0 aliphatic heterocycles. The second-order valence-corrected chi connectivity index (χ2v) is 6.59. The van der Waals surface area contributed by atoms with Crippen molar-refractivity contribution in [1.29, 1.82) is 0 Å². The van der Waals surface area contributed by atoms with Crippen LogP contribution in [0.5, 0.6) is 5.75 Å². The van der Waals surface area contributed by atoms with E-state index in [-0.39, 0.29) is 11.3 Å². The number of benzene rings is 4. The number of carbonyl (C=O) groups is 1. The van der Waals surface area contributed by atoms with Crippen LogP contribution in [0.4, 0.5) is 0 Å². The summed E-state index contributed by atoms with van der Waals surface area (Å²) in [5, 5.41) is 21.2. The van der Waals surface area contributed by atoms with Crippen molar-refractivity contribution in [2.45, 2.75) is 6.42 Å². The Kier molecular flexibility index (Phi) is 4.35. The summed E-state index contributed by atoms with van der Waals surface area (Å²) in [6, 6.07) is 26.8. The monoisotopic (exact) mass is 354 g/mol. The molecule has 132 valence electrons. The molecule has 0 heterocycles. The number of aromatic carboxylic acids is 1. The summed E-state index contributed by atoms with van der Waals surface area (Å²) in [7, 11) is 0. The Morgan fingerprint density at radius 3 is 2.19 bits per heavy atom. The molecule has 0 aliphatic carbocycles. The Hall–Kier alpha value is -3.59. The van der Waals surface area contributed by atoms with E-state index in [0.717, 1.165) is 33.0 Å². The maximum absolute atomic E-state index is 11.1. The van der Waals surface area contributed by atoms with Gasteiger partial charge in [-0.05, 0) is 63.4 Å². The van der Waals surface area contributed by atoms with Crippen molar-refractivity contribution >= 4 is 16.7 Å². The van der Waals surface area contributed by atoms with Crippen molar-refractivity contribution in [3.8, 4) is 16.9 Å². The molecule has 4 rings (SSSR count). The van der Waals surface area contributed by atoms with E-state index < -0.39 is 5.97 Å². The highest BCUT2D eigenvalue weighted by Crippen LogP contribution is 2.30. The molecule has 0 bridgehead atoms. The topological polar surface area (TPSA) is 57.5 Å². The third kappa shape index (κ3) is 3.53. The lowest BCUT2D eigenvalue weighted by atomic mass is 9.96. The molecule has 0 aliphatic rings. The fourth-order valence-corrected chi connectivity index (χ4v) is 3.28. The standard InChI is InChI=1S/C24H18O3/c25-23-11-10-20(15-22(23)12-16-4-2-1-3-5-16)17-6-7-19-14-21(24(26)27)9-8-18(19)13-17/h1-11,13-15,25H,12H2,(H,26,27). The molecule has 2 N–H and O–H groups in total. The summed E-state index contributed by atoms with van der Waals surface area (Å²) in [6.07, 6.45) is 0.663. The highest BCUT2D eigenvalue weighted by molar-refractivity contribution is 5.95. The highest BCUT2D eigenvalue weighted by atomic mass is 16.4. The van der Waals surface area contributed by atoms with Crippen LogP contribution in [0.3, 0.4) is 0 Å². The van der Waals surface area contributed by atoms with Crippen molar-refractivity contribution in [3.05, 3.63) is 102 Å². The Morgan fingerprint density at radius 2 is 1.41 bits per heavy atom. The number of hydrogen-bond donors (Lipinski definition) is 2. The number of fused-ring (bicyclic) bond motifs is 1. The summed E-state index contributed by atoms with van der Waals surface area (Å²) >= 11 is 0. The fourth-order valence-electron chi connectivity index (χ4n) is 3.28. The van der Waals surface area contributed by atoms with Crippen molar-refractivity contribution in [1.82, 2.24) is 0 Å². The molecule has 0 radical (unpaired) electrons. The van der Waals surface area contributed by atoms with Crippen LogP contribution in [0.2, 0.25) is 0 Å². The van der Waals surface area contributed by atoms with Crippen molar-refractivity contribution in [2.24, 2.45) is 0 Å². The maximum atomic E-state index is 11.1. The van der Waals surface area contributed by atoms with Gasteiger partial charge < -0.3 is 10.2 Å². The van der Waals surface area contributed by atoms with Crippen molar-refractivity contribution < 1.29 is 15.0 Å². The van der Waals surface area contributed by atoms with Gasteiger partial charge in [-0.15, -0.1) is 0 Å². The van der Waals surface area contributed by atoms with E-state index in [1.54, 1.807) is 18.2 Å². The predicted octanol–water partition coefficient (Wildman–Crippen LogP) is 5.50. The SMILES string of the molecule is O=C(O)c1ccc2cc(-c3ccc(O)c(Cc4ccccc4)c3)ccc2c1. The molecule has 0 spiro atoms. The Labute approximate surface area is 157 Å². The number of phenols is 1. The van der Waals surface area contributed by atoms with E-state index in [2.05, 4.69) is 0 Å². The first-order valence-corrected chi connectivity index (χ1v) is 8.73. The van der Waals surface area contributed by atoms with E-state index in [4.69, 9.17) is 5.11 Å². The van der Waals surface area contributed by atoms with Gasteiger partial charge in [0.25, 0.3) is 0 Å². The highest BCUT2D eigenvalue weighted by Gasteiger charge is 2.08. The van der Waals surface area contributed by atoms with Gasteiger partial charge in [-0.3, -0.25) is 0 Å². The van der Waals surface area contributed by atoms with Crippen LogP contribution in [0.15, 0.2) is 84.9 Å². The molecule has 3 heteroatoms. The lowest BCUT2D eigenvalue weighted by Crippen LogP contribution is -1.95. The van der Waals surface area contributed by atoms with Gasteiger partial charge in [-0.2, -0.15) is 0 Å². The second-order valence-electron chi connectivity index (χ2n) is 6.59. The molecule has 0 fully saturated rings. The summed E-state index contributed by atoms with van der Waals surface area (Å²) in [6.45, 7) is 0. The Bertz CT molecular complexity index is 1130. The van der Waals surface area contributed by atoms with E-state index in [9.17, 15) is 9.90 Å². The molecule has 3 nitrogen and oxygen atoms in total. The van der Waals surface area contributed by atoms with Gasteiger partial charge in [-0.1, -0.05) is 54.6 Å². The van der Waals surface area contributed by atoms with Gasteiger partial charge in [0.05, 0.1) is 5.56 Å². The first kappa shape index (κ1) is 16.9. The molecule has 0 aromatic heterocycles. The van der Waals surface area contributed by atoms with Crippen LogP contribution in [0.1, 0.15) is 21.5 Å². The average Bonchev–Trinajstić information content (AvgIpc) is 2.69. The maximum Gasteiger partial charge on any atom is 0.335 e. The number of carboxylic acid groups (broad SMARTS) is 1. The normalized spacial score (nSPS) is 10.8. The van der Waals surface area contributed by atoms with Gasteiger partial charge in [0.2, 0.25) is 0 Å². The number of phenolic OH excluding ortho intramolecular Hbond substituents is 1. The van der Waals surface area contributed by atoms with Crippen LogP contribution < -0.4 is 0 Å². The van der Waals surface area contributed by atoms with Gasteiger partial charge in [0.1, 0.15) is 5.75 Å². The molecule has 0 amide bonds. The minimum atomic E-state index is -0.926. The molecule has 0 saturated carbocycles. The van der Waals surface area contributed by atoms with Crippen molar-refractivity contribution in [3.63, 3.8) is 0 Å². The average molecular weight is 354 g/mol. The first-order chi connectivity index (χ1) is 13.1. The Balaban J connectivity index is 1.71.